The lowest BCUT2D eigenvalue weighted by molar-refractivity contribution is 0.153. The minimum absolute atomic E-state index is 0.252. The maximum absolute atomic E-state index is 12.3. The molecule has 85 heavy (non-hydrogen) atoms. The van der Waals surface area contributed by atoms with Crippen molar-refractivity contribution in [1.29, 1.82) is 0 Å². The molecule has 1 aliphatic rings. The Kier molecular flexibility index (Phi) is 20.3. The number of amides is 4. The van der Waals surface area contributed by atoms with Gasteiger partial charge in [-0.15, -0.1) is 0 Å². The molecule has 432 valence electrons. The number of piperazine rings is 1. The normalized spacial score (nSPS) is 12.4. The number of rotatable bonds is 15. The average Bonchev–Trinajstić information content (AvgIpc) is 4.41. The number of urea groups is 2. The number of aromatic amines is 3. The molecule has 0 aliphatic carbocycles. The van der Waals surface area contributed by atoms with Crippen LogP contribution in [0.2, 0.25) is 15.1 Å². The number of likely N-dealkylation sites (N-methyl/N-ethyl adjacent to an activating group) is 1. The number of hydrogen-bond donors (Lipinski definition) is 9. The lowest BCUT2D eigenvalue weighted by Gasteiger charge is -2.32. The molecule has 3 aromatic heterocycles. The number of halogens is 3. The molecule has 0 saturated carbocycles. The standard InChI is InChI=1S/C22H27ClN6O.C22H19ClN4S.C21H17ClN4O/c1-28-10-12-29(13-11-28)9-5-8-24-22(30)25-21-18-14-17(16-6-3-2-4-7-16)19(23)15-20(18)26-27-21;23-19-14-20-18(13-17(19)16-9-5-2-6-10-16)21(27-26-20)25-22(28)24-12-11-15-7-3-1-4-8-15;22-18-12-19-17(11-16(18)15-9-5-2-6-10-15)20(26-25-19)24-21(27)23-13-14-7-3-1-4-8-14/h2-4,6-7,14-15H,5,8-13H2,1H3,(H3,24,25,26,27,30);1-10,13-14H,11-12H2,(H3,24,25,26,27,28);1-12H,13H2,(H3,23,24,25,26,27). The maximum Gasteiger partial charge on any atom is 0.320 e. The van der Waals surface area contributed by atoms with E-state index < -0.39 is 0 Å². The summed E-state index contributed by atoms with van der Waals surface area (Å²) in [5.74, 6) is 1.64. The third-order valence-corrected chi connectivity index (χ3v) is 15.5. The fourth-order valence-electron chi connectivity index (χ4n) is 9.69. The van der Waals surface area contributed by atoms with Gasteiger partial charge in [0.1, 0.15) is 0 Å². The molecule has 0 atom stereocenters. The van der Waals surface area contributed by atoms with E-state index in [2.05, 4.69) is 91.5 Å². The van der Waals surface area contributed by atoms with E-state index in [0.29, 0.717) is 50.7 Å². The molecule has 0 bridgehead atoms. The summed E-state index contributed by atoms with van der Waals surface area (Å²) in [6.45, 7) is 7.21. The molecule has 9 N–H and O–H groups in total. The molecule has 1 saturated heterocycles. The molecule has 4 amide bonds. The molecule has 0 spiro atoms. The van der Waals surface area contributed by atoms with Crippen molar-refractivity contribution in [3.05, 3.63) is 214 Å². The highest BCUT2D eigenvalue weighted by Crippen LogP contribution is 2.37. The average molecular weight is 1210 g/mol. The first-order valence-corrected chi connectivity index (χ1v) is 29.4. The Hall–Kier alpha value is -8.81. The molecular formula is C65H63Cl3N14O2S. The van der Waals surface area contributed by atoms with Crippen molar-refractivity contribution in [2.75, 3.05) is 68.8 Å². The maximum atomic E-state index is 12.3. The predicted octanol–water partition coefficient (Wildman–Crippen LogP) is 14.3. The van der Waals surface area contributed by atoms with Crippen molar-refractivity contribution in [3.8, 4) is 33.4 Å². The van der Waals surface area contributed by atoms with Crippen LogP contribution in [0, 0.1) is 0 Å². The highest BCUT2D eigenvalue weighted by molar-refractivity contribution is 7.80. The number of hydrogen-bond acceptors (Lipinski definition) is 8. The number of thiocarbonyl (C=S) groups is 1. The molecule has 20 heteroatoms. The summed E-state index contributed by atoms with van der Waals surface area (Å²) in [5, 5.41) is 44.5. The van der Waals surface area contributed by atoms with Crippen LogP contribution in [0.25, 0.3) is 66.1 Å². The van der Waals surface area contributed by atoms with Gasteiger partial charge in [0.25, 0.3) is 0 Å². The van der Waals surface area contributed by atoms with E-state index >= 15 is 0 Å². The van der Waals surface area contributed by atoms with E-state index in [-0.39, 0.29) is 12.1 Å². The van der Waals surface area contributed by atoms with Crippen LogP contribution in [0.3, 0.4) is 0 Å². The SMILES string of the molecule is CN1CCN(CCCNC(=O)Nc2n[nH]c3cc(Cl)c(-c4ccccc4)cc23)CC1.O=C(NCc1ccccc1)Nc1n[nH]c2cc(Cl)c(-c3ccccc3)cc12.S=C(NCCc1ccccc1)Nc1n[nH]c2cc(Cl)c(-c3ccccc3)cc12. The molecule has 4 heterocycles. The minimum atomic E-state index is -0.316. The molecular weight excluding hydrogens is 1150 g/mol. The van der Waals surface area contributed by atoms with Gasteiger partial charge < -0.3 is 31.1 Å². The zero-order valence-electron chi connectivity index (χ0n) is 46.6. The fourth-order valence-corrected chi connectivity index (χ4v) is 10.7. The van der Waals surface area contributed by atoms with Crippen molar-refractivity contribution in [3.63, 3.8) is 0 Å². The second kappa shape index (κ2) is 29.1. The highest BCUT2D eigenvalue weighted by atomic mass is 35.5. The van der Waals surface area contributed by atoms with Crippen molar-refractivity contribution >= 4 is 114 Å². The summed E-state index contributed by atoms with van der Waals surface area (Å²) in [7, 11) is 2.15. The van der Waals surface area contributed by atoms with Crippen LogP contribution >= 0.6 is 47.0 Å². The van der Waals surface area contributed by atoms with Gasteiger partial charge in [0.2, 0.25) is 0 Å². The summed E-state index contributed by atoms with van der Waals surface area (Å²) in [6.07, 6.45) is 1.82. The van der Waals surface area contributed by atoms with Crippen molar-refractivity contribution < 1.29 is 9.59 Å². The fraction of sp³-hybridized carbons (Fsp3) is 0.169. The topological polar surface area (TPSA) is 199 Å². The number of nitrogens with zero attached hydrogens (tertiary/aromatic N) is 5. The number of aromatic nitrogens is 6. The van der Waals surface area contributed by atoms with Crippen LogP contribution in [-0.4, -0.2) is 110 Å². The second-order valence-electron chi connectivity index (χ2n) is 20.2. The first kappa shape index (κ1) is 59.4. The third kappa shape index (κ3) is 16.1. The molecule has 1 aliphatic heterocycles. The van der Waals surface area contributed by atoms with Gasteiger partial charge in [-0.2, -0.15) is 15.3 Å². The quantitative estimate of drug-likeness (QED) is 0.0352. The number of nitrogens with one attached hydrogen (secondary N) is 9. The van der Waals surface area contributed by atoms with Crippen molar-refractivity contribution in [2.45, 2.75) is 19.4 Å². The van der Waals surface area contributed by atoms with Crippen LogP contribution < -0.4 is 31.9 Å². The molecule has 0 radical (unpaired) electrons. The molecule has 1 fully saturated rings. The Morgan fingerprint density at radius 1 is 0.482 bits per heavy atom. The third-order valence-electron chi connectivity index (χ3n) is 14.3. The highest BCUT2D eigenvalue weighted by Gasteiger charge is 2.18. The number of H-pyrrole nitrogens is 3. The molecule has 0 unspecified atom stereocenters. The van der Waals surface area contributed by atoms with Crippen molar-refractivity contribution in [1.82, 2.24) is 56.3 Å². The zero-order chi connectivity index (χ0) is 58.9. The van der Waals surface area contributed by atoms with E-state index in [4.69, 9.17) is 47.0 Å². The zero-order valence-corrected chi connectivity index (χ0v) is 49.6. The van der Waals surface area contributed by atoms with Gasteiger partial charge in [0.15, 0.2) is 22.6 Å². The minimum Gasteiger partial charge on any atom is -0.362 e. The van der Waals surface area contributed by atoms with Crippen LogP contribution in [0.4, 0.5) is 27.0 Å². The second-order valence-corrected chi connectivity index (χ2v) is 21.9. The van der Waals surface area contributed by atoms with Crippen LogP contribution in [0.1, 0.15) is 17.5 Å². The Morgan fingerprint density at radius 3 is 1.31 bits per heavy atom. The van der Waals surface area contributed by atoms with E-state index in [1.54, 1.807) is 0 Å². The molecule has 16 nitrogen and oxygen atoms in total. The van der Waals surface area contributed by atoms with E-state index in [1.807, 2.05) is 176 Å². The first-order chi connectivity index (χ1) is 41.5. The summed E-state index contributed by atoms with van der Waals surface area (Å²) in [6, 6.07) is 60.8. The lowest BCUT2D eigenvalue weighted by Crippen LogP contribution is -2.45. The number of anilines is 3. The van der Waals surface area contributed by atoms with Crippen LogP contribution in [0.15, 0.2) is 188 Å². The molecule has 8 aromatic carbocycles. The monoisotopic (exact) mass is 1210 g/mol. The summed E-state index contributed by atoms with van der Waals surface area (Å²) < 4.78 is 0. The lowest BCUT2D eigenvalue weighted by atomic mass is 10.0. The van der Waals surface area contributed by atoms with Crippen molar-refractivity contribution in [2.24, 2.45) is 0 Å². The van der Waals surface area contributed by atoms with Gasteiger partial charge in [-0.05, 0) is 103 Å². The summed E-state index contributed by atoms with van der Waals surface area (Å²) in [5.41, 5.74) is 10.5. The van der Waals surface area contributed by atoms with Gasteiger partial charge in [-0.25, -0.2) is 9.59 Å². The van der Waals surface area contributed by atoms with Crippen LogP contribution in [-0.2, 0) is 13.0 Å². The number of carbonyl (C=O) groups excluding carboxylic acids is 2. The van der Waals surface area contributed by atoms with Crippen LogP contribution in [0.5, 0.6) is 0 Å². The number of carbonyl (C=O) groups is 2. The van der Waals surface area contributed by atoms with E-state index in [9.17, 15) is 9.59 Å². The Bertz CT molecular complexity index is 3990. The van der Waals surface area contributed by atoms with Gasteiger partial charge in [-0.3, -0.25) is 25.9 Å². The number of benzene rings is 8. The summed E-state index contributed by atoms with van der Waals surface area (Å²) >= 11 is 24.8. The summed E-state index contributed by atoms with van der Waals surface area (Å²) in [4.78, 5) is 29.4. The predicted molar refractivity (Wildman–Crippen MR) is 352 cm³/mol. The van der Waals surface area contributed by atoms with E-state index in [1.165, 1.54) is 5.56 Å². The Balaban J connectivity index is 0.000000142. The smallest absolute Gasteiger partial charge is 0.320 e. The molecule has 12 rings (SSSR count). The Labute approximate surface area is 513 Å². The largest absolute Gasteiger partial charge is 0.362 e. The van der Waals surface area contributed by atoms with Gasteiger partial charge in [0.05, 0.1) is 31.6 Å². The number of fused-ring (bicyclic) bond motifs is 3. The first-order valence-electron chi connectivity index (χ1n) is 27.8. The van der Waals surface area contributed by atoms with Gasteiger partial charge in [-0.1, -0.05) is 186 Å². The van der Waals surface area contributed by atoms with Gasteiger partial charge in [0, 0.05) is 78.7 Å². The Morgan fingerprint density at radius 2 is 0.871 bits per heavy atom. The molecule has 11 aromatic rings. The van der Waals surface area contributed by atoms with Gasteiger partial charge >= 0.3 is 12.1 Å². The van der Waals surface area contributed by atoms with E-state index in [0.717, 1.165) is 124 Å².